The van der Waals surface area contributed by atoms with Crippen molar-refractivity contribution >= 4 is 83.5 Å². The van der Waals surface area contributed by atoms with Crippen LogP contribution in [0.5, 0.6) is 0 Å². The standard InChI is InChI=1S/C12H14N2OS.C10H12N4.C10H11N3S.C10H11N2S.CH4.H4N2.H2O.16V.12Y/c1-5-10-8(2)13-7-9-6-11(14-12(9)10)16(3,4)15;1-3-8-6(2)12-5-7-4-9(14-11)13-10(7)8;1-4-7-6(2)11-5-8-9(7)13-10(12-8)14-3;1-3-8-6(2)11-5-7-4-9(13)12-10(7)8;;1-2;;;;;;;;;;;;;;;;;;;;;;;;;;;;;/h6H,3,5H2,1-2,4H3;3-4,11H2,1-2H3;4H2,1-3H3;3-4H2,1-2H3,(H,11,12,13);1H4;1-2H2;1H2;;;;;;;;;;;;;;;;;;;;;;;;;;;;/q3*-2;-1;;;;;;;;;;;;;;;;;;;;;;;;;;;;;;;/p-1. The third kappa shape index (κ3) is 61.7. The minimum atomic E-state index is -2.26. The Morgan fingerprint density at radius 2 is 0.888 bits per heavy atom. The Balaban J connectivity index is -0.0000000205. The molecule has 15 nitrogen and oxygen atoms in total. The molecule has 8 rings (SSSR count). The molecular formula is C43H57N13O2S3V16Y12-8. The van der Waals surface area contributed by atoms with E-state index in [9.17, 15) is 4.21 Å². The first-order chi connectivity index (χ1) is 28.2. The number of nitrogens with two attached hydrogens (primary N) is 3. The van der Waals surface area contributed by atoms with Crippen molar-refractivity contribution in [3.63, 3.8) is 0 Å². The summed E-state index contributed by atoms with van der Waals surface area (Å²) in [5, 5.41) is 14.5. The van der Waals surface area contributed by atoms with E-state index < -0.39 is 9.52 Å². The normalized spacial score (nSPS) is 9.26. The third-order valence-electron chi connectivity index (χ3n) is 9.57. The van der Waals surface area contributed by atoms with Gasteiger partial charge in [-0.3, -0.25) is 15.9 Å². The molecule has 28 radical (unpaired) electrons. The van der Waals surface area contributed by atoms with Crippen molar-refractivity contribution in [3.8, 4) is 0 Å². The summed E-state index contributed by atoms with van der Waals surface area (Å²) in [5.74, 6) is 17.5. The second kappa shape index (κ2) is 104. The van der Waals surface area contributed by atoms with Gasteiger partial charge in [-0.2, -0.15) is 11.1 Å². The zero-order valence-corrected chi connectivity index (χ0v) is 109. The van der Waals surface area contributed by atoms with Crippen LogP contribution in [-0.2, 0) is 737 Å². The molecule has 448 valence electrons. The summed E-state index contributed by atoms with van der Waals surface area (Å²) >= 11 is 6.61. The summed E-state index contributed by atoms with van der Waals surface area (Å²) in [5.41, 5.74) is 15.3. The van der Waals surface area contributed by atoms with Gasteiger partial charge in [0.15, 0.2) is 0 Å². The maximum Gasteiger partial charge on any atom is 0.00612 e. The quantitative estimate of drug-likeness (QED) is 0.0542. The smallest absolute Gasteiger partial charge is 0.00612 e. The molecule has 0 aliphatic carbocycles. The number of nitrogens with zero attached hydrogens (tertiary/aromatic N) is 10. The molecule has 46 heteroatoms. The molecule has 0 saturated heterocycles. The van der Waals surface area contributed by atoms with Gasteiger partial charge >= 0.3 is 0 Å². The fraction of sp³-hybridized carbons (Fsp3) is 0.395. The number of aryl methyl sites for hydroxylation is 6. The number of fused-ring (bicyclic) bond motifs is 4. The molecule has 6 aromatic rings. The molecule has 0 spiro atoms. The van der Waals surface area contributed by atoms with E-state index in [1.165, 1.54) is 16.7 Å². The fourth-order valence-corrected chi connectivity index (χ4v) is 7.82. The van der Waals surface area contributed by atoms with E-state index in [-0.39, 0.29) is 702 Å². The van der Waals surface area contributed by atoms with Gasteiger partial charge in [0.25, 0.3) is 0 Å². The first kappa shape index (κ1) is 188. The van der Waals surface area contributed by atoms with Crippen LogP contribution in [0.4, 0.5) is 11.4 Å². The maximum atomic E-state index is 11.8. The first-order valence-corrected chi connectivity index (χ1v) is 22.7. The van der Waals surface area contributed by atoms with Crippen molar-refractivity contribution in [3.05, 3.63) is 97.6 Å². The van der Waals surface area contributed by atoms with E-state index in [0.717, 1.165) is 115 Å². The number of amidine groups is 1. The minimum absolute atomic E-state index is 0. The number of thioether (sulfide) groups is 1. The number of hydrogen-bond donors (Lipinski definition) is 3. The molecule has 1 atom stereocenters. The zero-order chi connectivity index (χ0) is 43.6. The number of hydrazine groups is 1. The summed E-state index contributed by atoms with van der Waals surface area (Å²) in [4.78, 5) is 30.7. The van der Waals surface area contributed by atoms with Gasteiger partial charge in [0.05, 0.1) is 0 Å². The SMILES string of the molecule is C.C=S(C)(=O)c1cc2[c-]nc(C)c(CC)c2[n-]1.CCc1c(C)n[c-]c2c1[N-]/C(=N\N)C2.CCc1c(C)n[c-]c2c1[N-]C(=S)C2.CCc1c(C)n[c-]c2nc(SC)[n-]c12.NN.O.[V].[V].[V].[V].[V].[V].[V].[V].[V].[V].[V].[V].[V].[V].[V].[V].[Y].[Y].[Y].[Y].[Y].[Y].[Y].[Y].[Y].[Y].[Y].[Y]. The van der Waals surface area contributed by atoms with Crippen LogP contribution in [0.15, 0.2) is 21.4 Å². The molecule has 0 amide bonds. The van der Waals surface area contributed by atoms with Crippen LogP contribution in [0.25, 0.3) is 32.6 Å². The van der Waals surface area contributed by atoms with Crippen LogP contribution in [0.1, 0.15) is 91.3 Å². The predicted molar refractivity (Wildman–Crippen MR) is 256 cm³/mol. The molecule has 2 aliphatic rings. The van der Waals surface area contributed by atoms with E-state index in [4.69, 9.17) is 18.1 Å². The van der Waals surface area contributed by atoms with Gasteiger partial charge in [-0.1, -0.05) is 124 Å². The molecule has 6 aromatic heterocycles. The van der Waals surface area contributed by atoms with Gasteiger partial charge in [0.2, 0.25) is 0 Å². The Labute approximate surface area is 1030 Å². The summed E-state index contributed by atoms with van der Waals surface area (Å²) in [6.45, 7) is 16.3. The molecule has 89 heavy (non-hydrogen) atoms. The Kier molecular flexibility index (Phi) is 218. The Hall–Kier alpha value is 17.6. The number of pyridine rings is 4. The van der Waals surface area contributed by atoms with Crippen LogP contribution in [0.3, 0.4) is 0 Å². The maximum absolute atomic E-state index is 11.8. The fourth-order valence-electron chi connectivity index (χ4n) is 6.57. The Morgan fingerprint density at radius 3 is 1.24 bits per heavy atom. The molecule has 1 unspecified atom stereocenters. The predicted octanol–water partition coefficient (Wildman–Crippen LogP) is 6.34. The summed E-state index contributed by atoms with van der Waals surface area (Å²) in [7, 11) is -2.26. The van der Waals surface area contributed by atoms with E-state index in [1.54, 1.807) is 24.1 Å². The Morgan fingerprint density at radius 1 is 0.562 bits per heavy atom. The average molecular weight is 2770 g/mol. The molecule has 2 aliphatic heterocycles. The van der Waals surface area contributed by atoms with Gasteiger partial charge in [-0.15, -0.1) is 84.4 Å². The minimum Gasteiger partial charge on any atom is -0.710 e. The summed E-state index contributed by atoms with van der Waals surface area (Å²) < 4.78 is 11.8. The number of aromatic nitrogens is 7. The van der Waals surface area contributed by atoms with Crippen molar-refractivity contribution in [1.82, 2.24) is 34.9 Å². The molecule has 8 heterocycles. The van der Waals surface area contributed by atoms with Gasteiger partial charge in [0, 0.05) is 696 Å². The van der Waals surface area contributed by atoms with E-state index in [2.05, 4.69) is 121 Å². The zero-order valence-electron chi connectivity index (χ0n) is 49.9. The first-order valence-electron chi connectivity index (χ1n) is 19.0. The van der Waals surface area contributed by atoms with Gasteiger partial charge in [-0.05, 0) is 58.0 Å². The summed E-state index contributed by atoms with van der Waals surface area (Å²) in [6, 6.07) is 1.77. The number of hydrogen-bond acceptors (Lipinski definition) is 12. The number of hydrazone groups is 1. The second-order valence-electron chi connectivity index (χ2n) is 13.5. The van der Waals surface area contributed by atoms with Crippen molar-refractivity contribution < 1.29 is 699 Å². The molecular weight excluding hydrogens is 2710 g/mol. The topological polar surface area (TPSA) is 260 Å². The van der Waals surface area contributed by atoms with Crippen LogP contribution in [0, 0.1) is 52.5 Å². The van der Waals surface area contributed by atoms with Crippen LogP contribution >= 0.6 is 24.0 Å². The van der Waals surface area contributed by atoms with Crippen molar-refractivity contribution in [1.29, 1.82) is 0 Å². The van der Waals surface area contributed by atoms with Crippen molar-refractivity contribution in [2.75, 3.05) is 12.5 Å². The number of rotatable bonds is 6. The van der Waals surface area contributed by atoms with E-state index in [1.807, 2.05) is 34.0 Å². The van der Waals surface area contributed by atoms with Gasteiger partial charge in [-0.25, -0.2) is 11.2 Å². The summed E-state index contributed by atoms with van der Waals surface area (Å²) in [6.07, 6.45) is 20.5. The average Bonchev–Trinajstić information content (AvgIpc) is 4.03. The number of imidazole rings is 1. The van der Waals surface area contributed by atoms with E-state index >= 15 is 0 Å². The molecule has 8 N–H and O–H groups in total. The molecule has 0 saturated carbocycles. The third-order valence-corrected chi connectivity index (χ3v) is 11.4. The largest absolute Gasteiger partial charge is 0.710 e. The second-order valence-corrected chi connectivity index (χ2v) is 17.2. The monoisotopic (exact) mass is 2770 g/mol. The van der Waals surface area contributed by atoms with Crippen LogP contribution < -0.4 is 27.5 Å². The molecule has 0 aromatic carbocycles. The Bertz CT molecular complexity index is 2690. The van der Waals surface area contributed by atoms with Gasteiger partial charge in [0.1, 0.15) is 0 Å². The van der Waals surface area contributed by atoms with Crippen LogP contribution in [-0.4, -0.2) is 63.8 Å². The van der Waals surface area contributed by atoms with Crippen molar-refractivity contribution in [2.45, 2.75) is 112 Å². The van der Waals surface area contributed by atoms with Gasteiger partial charge < -0.3 is 61.9 Å². The number of thiocarbonyl (C=S) groups is 1. The molecule has 0 fully saturated rings. The molecule has 0 bridgehead atoms. The van der Waals surface area contributed by atoms with Crippen molar-refractivity contribution in [2.24, 2.45) is 22.6 Å². The van der Waals surface area contributed by atoms with E-state index in [0.29, 0.717) is 17.3 Å². The van der Waals surface area contributed by atoms with Crippen LogP contribution in [0.2, 0.25) is 0 Å².